The summed E-state index contributed by atoms with van der Waals surface area (Å²) < 4.78 is 0. The fourth-order valence-electron chi connectivity index (χ4n) is 0. The van der Waals surface area contributed by atoms with Gasteiger partial charge in [0.15, 0.2) is 0 Å². The van der Waals surface area contributed by atoms with Gasteiger partial charge < -0.3 is 17.9 Å². The van der Waals surface area contributed by atoms with Gasteiger partial charge >= 0.3 is 52.8 Å². The predicted molar refractivity (Wildman–Crippen MR) is 20.4 cm³/mol. The molecule has 0 bridgehead atoms. The van der Waals surface area contributed by atoms with Crippen LogP contribution in [0.1, 0.15) is 2.85 Å². The van der Waals surface area contributed by atoms with E-state index in [0.717, 1.165) is 0 Å². The first-order chi connectivity index (χ1) is 1.73. The summed E-state index contributed by atoms with van der Waals surface area (Å²) >= 11 is 0. The molecule has 0 spiro atoms. The van der Waals surface area contributed by atoms with Gasteiger partial charge in [-0.05, 0) is 0 Å². The van der Waals surface area contributed by atoms with E-state index in [4.69, 9.17) is 15.1 Å². The maximum absolute atomic E-state index is 7.17. The minimum Gasteiger partial charge on any atom is -1.00 e. The van der Waals surface area contributed by atoms with Crippen molar-refractivity contribution in [3.8, 4) is 0 Å². The van der Waals surface area contributed by atoms with Crippen molar-refractivity contribution >= 4 is 52.8 Å². The van der Waals surface area contributed by atoms with E-state index in [0.29, 0.717) is 0 Å². The molecule has 0 rings (SSSR count). The third-order valence-corrected chi connectivity index (χ3v) is 0. The molecular weight excluding hydrogens is 298 g/mol. The van der Waals surface area contributed by atoms with Crippen LogP contribution in [0.3, 0.4) is 0 Å². The summed E-state index contributed by atoms with van der Waals surface area (Å²) in [6, 6.07) is 0. The molecule has 0 aliphatic heterocycles. The summed E-state index contributed by atoms with van der Waals surface area (Å²) in [4.78, 5) is 0. The Morgan fingerprint density at radius 1 is 1.17 bits per heavy atom. The molecule has 0 saturated carbocycles. The molecule has 3 nitrogen and oxygen atoms in total. The molecule has 0 heterocycles. The third kappa shape index (κ3) is 27.9. The van der Waals surface area contributed by atoms with Crippen LogP contribution in [0.2, 0.25) is 0 Å². The molecule has 0 aromatic carbocycles. The van der Waals surface area contributed by atoms with E-state index in [1.165, 1.54) is 0 Å². The second-order valence-corrected chi connectivity index (χ2v) is 0.346. The molecule has 0 saturated heterocycles. The van der Waals surface area contributed by atoms with Gasteiger partial charge in [0.2, 0.25) is 0 Å². The van der Waals surface area contributed by atoms with E-state index in [2.05, 4.69) is 0 Å². The Morgan fingerprint density at radius 2 is 1.17 bits per heavy atom. The van der Waals surface area contributed by atoms with Crippen molar-refractivity contribution in [1.82, 2.24) is 0 Å². The summed E-state index contributed by atoms with van der Waals surface area (Å²) in [6.45, 7) is 0. The van der Waals surface area contributed by atoms with Crippen LogP contribution in [0.25, 0.3) is 0 Å². The number of hydrogen-bond acceptors (Lipinski definition) is 3. The van der Waals surface area contributed by atoms with Gasteiger partial charge in [-0.1, -0.05) is 0 Å². The maximum Gasteiger partial charge on any atom is 2.00 e. The van der Waals surface area contributed by atoms with E-state index in [-0.39, 0.29) is 97.7 Å². The van der Waals surface area contributed by atoms with Crippen LogP contribution in [-0.2, 0) is 0 Å². The van der Waals surface area contributed by atoms with Gasteiger partial charge in [0.1, 0.15) is 0 Å². The monoisotopic (exact) mass is 305 g/mol. The Hall–Kier alpha value is 3.01. The van der Waals surface area contributed by atoms with Gasteiger partial charge in [-0.15, -0.1) is 0 Å². The molecule has 0 aromatic rings. The SMILES string of the molecule is OB(O)O.[Eu].[H-].[H-].[Sr+2]. The molecule has 0 aliphatic rings. The van der Waals surface area contributed by atoms with Crippen molar-refractivity contribution < 1.29 is 67.3 Å². The average molecular weight is 303 g/mol. The molecule has 6 heteroatoms. The zero-order chi connectivity index (χ0) is 3.58. The third-order valence-electron chi connectivity index (χ3n) is 0. The van der Waals surface area contributed by atoms with Crippen LogP contribution in [0.15, 0.2) is 0 Å². The van der Waals surface area contributed by atoms with Crippen molar-refractivity contribution in [3.63, 3.8) is 0 Å². The zero-order valence-electron chi connectivity index (χ0n) is 5.00. The van der Waals surface area contributed by atoms with E-state index in [9.17, 15) is 0 Å². The fourth-order valence-corrected chi connectivity index (χ4v) is 0. The van der Waals surface area contributed by atoms with Crippen LogP contribution >= 0.6 is 0 Å². The smallest absolute Gasteiger partial charge is 1.00 e. The summed E-state index contributed by atoms with van der Waals surface area (Å²) in [6.07, 6.45) is 0. The minimum absolute atomic E-state index is 0. The molecule has 0 unspecified atom stereocenters. The van der Waals surface area contributed by atoms with Crippen molar-refractivity contribution in [1.29, 1.82) is 0 Å². The molecule has 3 N–H and O–H groups in total. The molecule has 1 radical (unpaired) electrons. The van der Waals surface area contributed by atoms with Gasteiger partial charge in [0.05, 0.1) is 0 Å². The quantitative estimate of drug-likeness (QED) is 0.445. The van der Waals surface area contributed by atoms with Gasteiger partial charge in [0, 0.05) is 49.4 Å². The average Bonchev–Trinajstić information content (AvgIpc) is 0.811. The van der Waals surface area contributed by atoms with Gasteiger partial charge in [-0.3, -0.25) is 0 Å². The summed E-state index contributed by atoms with van der Waals surface area (Å²) in [7, 11) is -2.17. The molecule has 0 amide bonds. The Labute approximate surface area is 117 Å². The summed E-state index contributed by atoms with van der Waals surface area (Å²) in [5.74, 6) is 0. The van der Waals surface area contributed by atoms with Crippen molar-refractivity contribution in [2.45, 2.75) is 0 Å². The van der Waals surface area contributed by atoms with Gasteiger partial charge in [-0.2, -0.15) is 0 Å². The topological polar surface area (TPSA) is 60.7 Å². The van der Waals surface area contributed by atoms with Crippen LogP contribution in [0, 0.1) is 49.4 Å². The zero-order valence-corrected chi connectivity index (χ0v) is 8.91. The molecule has 6 heavy (non-hydrogen) atoms. The van der Waals surface area contributed by atoms with Gasteiger partial charge in [0.25, 0.3) is 0 Å². The normalized spacial score (nSPS) is 4.50. The maximum atomic E-state index is 7.17. The Balaban J connectivity index is -0.00000000750. The van der Waals surface area contributed by atoms with Crippen molar-refractivity contribution in [3.05, 3.63) is 0 Å². The second kappa shape index (κ2) is 10.9. The first-order valence-electron chi connectivity index (χ1n) is 0.775. The van der Waals surface area contributed by atoms with Crippen molar-refractivity contribution in [2.75, 3.05) is 0 Å². The molecule has 0 aliphatic carbocycles. The fraction of sp³-hybridized carbons (Fsp3) is 0. The first kappa shape index (κ1) is 16.0. The van der Waals surface area contributed by atoms with E-state index >= 15 is 0 Å². The molecule has 35 valence electrons. The summed E-state index contributed by atoms with van der Waals surface area (Å²) in [5.41, 5.74) is 0. The van der Waals surface area contributed by atoms with Crippen LogP contribution < -0.4 is 0 Å². The molecular formula is H5BEuO3Sr. The van der Waals surface area contributed by atoms with Crippen LogP contribution in [0.4, 0.5) is 0 Å². The Morgan fingerprint density at radius 3 is 1.17 bits per heavy atom. The van der Waals surface area contributed by atoms with E-state index < -0.39 is 7.32 Å². The predicted octanol–water partition coefficient (Wildman–Crippen LogP) is -2.21. The second-order valence-electron chi connectivity index (χ2n) is 0.346. The Bertz CT molecular complexity index is 22.0. The number of rotatable bonds is 0. The number of hydrogen-bond donors (Lipinski definition) is 3. The van der Waals surface area contributed by atoms with Crippen molar-refractivity contribution in [2.24, 2.45) is 0 Å². The molecule has 0 atom stereocenters. The van der Waals surface area contributed by atoms with E-state index in [1.807, 2.05) is 0 Å². The van der Waals surface area contributed by atoms with Gasteiger partial charge in [-0.25, -0.2) is 0 Å². The molecule has 0 aromatic heterocycles. The minimum atomic E-state index is -2.17. The standard InChI is InChI=1S/BH3O3.Eu.Sr.2H/c2-1(3)4;;;;/h2-4H;;;;/q;;+2;2*-1. The van der Waals surface area contributed by atoms with Crippen LogP contribution in [0.5, 0.6) is 0 Å². The molecule has 0 fully saturated rings. The van der Waals surface area contributed by atoms with E-state index in [1.54, 1.807) is 0 Å². The largest absolute Gasteiger partial charge is 2.00 e. The first-order valence-corrected chi connectivity index (χ1v) is 0.775. The Kier molecular flexibility index (Phi) is 29.1. The summed E-state index contributed by atoms with van der Waals surface area (Å²) in [5, 5.41) is 21.5. The van der Waals surface area contributed by atoms with Crippen LogP contribution in [-0.4, -0.2) is 67.9 Å².